The smallest absolute Gasteiger partial charge is 0.213 e. The Hall–Kier alpha value is -0.920. The van der Waals surface area contributed by atoms with Crippen molar-refractivity contribution in [2.24, 2.45) is 7.05 Å². The first kappa shape index (κ1) is 13.5. The summed E-state index contributed by atoms with van der Waals surface area (Å²) in [5.41, 5.74) is 1.02. The van der Waals surface area contributed by atoms with Gasteiger partial charge in [0.15, 0.2) is 0 Å². The van der Waals surface area contributed by atoms with E-state index in [1.54, 1.807) is 10.9 Å². The van der Waals surface area contributed by atoms with Gasteiger partial charge in [0.2, 0.25) is 10.0 Å². The molecule has 0 radical (unpaired) electrons. The van der Waals surface area contributed by atoms with Crippen molar-refractivity contribution < 1.29 is 8.42 Å². The van der Waals surface area contributed by atoms with Gasteiger partial charge >= 0.3 is 0 Å². The molecule has 0 aromatic carbocycles. The molecular formula is C11H20N4O2S. The highest BCUT2D eigenvalue weighted by atomic mass is 32.2. The number of hydrogen-bond donors (Lipinski definition) is 2. The highest BCUT2D eigenvalue weighted by molar-refractivity contribution is 7.89. The normalized spacial score (nSPS) is 20.4. The Morgan fingerprint density at radius 1 is 1.61 bits per heavy atom. The molecular weight excluding hydrogens is 252 g/mol. The van der Waals surface area contributed by atoms with Crippen molar-refractivity contribution >= 4 is 10.0 Å². The van der Waals surface area contributed by atoms with E-state index in [2.05, 4.69) is 15.1 Å². The maximum atomic E-state index is 11.8. The van der Waals surface area contributed by atoms with Crippen LogP contribution in [0.1, 0.15) is 18.5 Å². The first-order chi connectivity index (χ1) is 8.57. The second kappa shape index (κ2) is 5.81. The third-order valence-electron chi connectivity index (χ3n) is 3.21. The van der Waals surface area contributed by atoms with Crippen LogP contribution in [0.25, 0.3) is 0 Å². The second-order valence-electron chi connectivity index (χ2n) is 4.67. The fraction of sp³-hybridized carbons (Fsp3) is 0.727. The molecule has 1 aromatic rings. The Morgan fingerprint density at radius 2 is 2.44 bits per heavy atom. The SMILES string of the molecule is Cn1nccc1CCNS(=O)(=O)CC1CCCN1. The van der Waals surface area contributed by atoms with Gasteiger partial charge < -0.3 is 5.32 Å². The summed E-state index contributed by atoms with van der Waals surface area (Å²) >= 11 is 0. The van der Waals surface area contributed by atoms with E-state index in [0.717, 1.165) is 25.1 Å². The third-order valence-corrected chi connectivity index (χ3v) is 4.69. The van der Waals surface area contributed by atoms with E-state index >= 15 is 0 Å². The Morgan fingerprint density at radius 3 is 3.06 bits per heavy atom. The number of aromatic nitrogens is 2. The van der Waals surface area contributed by atoms with Gasteiger partial charge in [-0.25, -0.2) is 13.1 Å². The topological polar surface area (TPSA) is 76.0 Å². The monoisotopic (exact) mass is 272 g/mol. The average Bonchev–Trinajstić information content (AvgIpc) is 2.90. The third kappa shape index (κ3) is 3.79. The maximum Gasteiger partial charge on any atom is 0.213 e. The van der Waals surface area contributed by atoms with Gasteiger partial charge in [-0.1, -0.05) is 0 Å². The lowest BCUT2D eigenvalue weighted by molar-refractivity contribution is 0.562. The van der Waals surface area contributed by atoms with Gasteiger partial charge in [0.1, 0.15) is 0 Å². The van der Waals surface area contributed by atoms with E-state index in [4.69, 9.17) is 0 Å². The quantitative estimate of drug-likeness (QED) is 0.741. The Kier molecular flexibility index (Phi) is 4.36. The zero-order valence-corrected chi connectivity index (χ0v) is 11.4. The molecule has 1 aliphatic rings. The molecule has 0 saturated carbocycles. The number of rotatable bonds is 6. The van der Waals surface area contributed by atoms with Crippen LogP contribution in [0, 0.1) is 0 Å². The molecule has 1 unspecified atom stereocenters. The molecule has 0 spiro atoms. The molecule has 0 amide bonds. The Balaban J connectivity index is 1.76. The summed E-state index contributed by atoms with van der Waals surface area (Å²) in [5.74, 6) is 0.179. The summed E-state index contributed by atoms with van der Waals surface area (Å²) in [7, 11) is -1.32. The molecule has 102 valence electrons. The summed E-state index contributed by atoms with van der Waals surface area (Å²) in [6.07, 6.45) is 4.39. The van der Waals surface area contributed by atoms with E-state index in [9.17, 15) is 8.42 Å². The van der Waals surface area contributed by atoms with Crippen molar-refractivity contribution in [2.75, 3.05) is 18.8 Å². The first-order valence-corrected chi connectivity index (χ1v) is 7.90. The summed E-state index contributed by atoms with van der Waals surface area (Å²) < 4.78 is 28.1. The molecule has 1 saturated heterocycles. The van der Waals surface area contributed by atoms with Crippen molar-refractivity contribution in [3.05, 3.63) is 18.0 Å². The van der Waals surface area contributed by atoms with Crippen LogP contribution < -0.4 is 10.0 Å². The standard InChI is InChI=1S/C11H20N4O2S/c1-15-11(4-7-13-15)5-8-14-18(16,17)9-10-3-2-6-12-10/h4,7,10,12,14H,2-3,5-6,8-9H2,1H3. The van der Waals surface area contributed by atoms with Crippen LogP contribution in [0.5, 0.6) is 0 Å². The van der Waals surface area contributed by atoms with Crippen molar-refractivity contribution in [2.45, 2.75) is 25.3 Å². The number of sulfonamides is 1. The van der Waals surface area contributed by atoms with Crippen LogP contribution in [0.4, 0.5) is 0 Å². The van der Waals surface area contributed by atoms with Gasteiger partial charge in [0, 0.05) is 37.9 Å². The lowest BCUT2D eigenvalue weighted by Crippen LogP contribution is -2.37. The Labute approximate surface area is 108 Å². The van der Waals surface area contributed by atoms with Crippen LogP contribution in [-0.2, 0) is 23.5 Å². The van der Waals surface area contributed by atoms with Crippen molar-refractivity contribution in [1.82, 2.24) is 19.8 Å². The number of nitrogens with one attached hydrogen (secondary N) is 2. The van der Waals surface area contributed by atoms with Gasteiger partial charge in [-0.05, 0) is 25.5 Å². The average molecular weight is 272 g/mol. The Bertz CT molecular complexity index is 477. The molecule has 0 bridgehead atoms. The summed E-state index contributed by atoms with van der Waals surface area (Å²) in [5, 5.41) is 7.24. The molecule has 2 N–H and O–H groups in total. The minimum atomic E-state index is -3.17. The van der Waals surface area contributed by atoms with Crippen LogP contribution in [0.15, 0.2) is 12.3 Å². The molecule has 1 atom stereocenters. The summed E-state index contributed by atoms with van der Waals surface area (Å²) in [6, 6.07) is 2.01. The highest BCUT2D eigenvalue weighted by Gasteiger charge is 2.21. The van der Waals surface area contributed by atoms with Gasteiger partial charge in [-0.2, -0.15) is 5.10 Å². The van der Waals surface area contributed by atoms with Gasteiger partial charge in [0.05, 0.1) is 5.75 Å². The molecule has 1 aromatic heterocycles. The fourth-order valence-corrected chi connectivity index (χ4v) is 3.55. The van der Waals surface area contributed by atoms with Crippen LogP contribution in [-0.4, -0.2) is 43.1 Å². The van der Waals surface area contributed by atoms with E-state index in [-0.39, 0.29) is 11.8 Å². The largest absolute Gasteiger partial charge is 0.313 e. The fourth-order valence-electron chi connectivity index (χ4n) is 2.20. The second-order valence-corrected chi connectivity index (χ2v) is 6.52. The van der Waals surface area contributed by atoms with Gasteiger partial charge in [-0.15, -0.1) is 0 Å². The summed E-state index contributed by atoms with van der Waals surface area (Å²) in [6.45, 7) is 1.35. The van der Waals surface area contributed by atoms with Gasteiger partial charge in [0.25, 0.3) is 0 Å². The van der Waals surface area contributed by atoms with Crippen molar-refractivity contribution in [3.8, 4) is 0 Å². The molecule has 0 aliphatic carbocycles. The van der Waals surface area contributed by atoms with E-state index in [0.29, 0.717) is 13.0 Å². The van der Waals surface area contributed by atoms with Crippen molar-refractivity contribution in [1.29, 1.82) is 0 Å². The molecule has 1 aliphatic heterocycles. The minimum absolute atomic E-state index is 0.110. The van der Waals surface area contributed by atoms with E-state index < -0.39 is 10.0 Å². The molecule has 6 nitrogen and oxygen atoms in total. The lowest BCUT2D eigenvalue weighted by atomic mass is 10.3. The zero-order valence-electron chi connectivity index (χ0n) is 10.6. The molecule has 2 rings (SSSR count). The lowest BCUT2D eigenvalue weighted by Gasteiger charge is -2.11. The molecule has 1 fully saturated rings. The minimum Gasteiger partial charge on any atom is -0.313 e. The maximum absolute atomic E-state index is 11.8. The van der Waals surface area contributed by atoms with Gasteiger partial charge in [-0.3, -0.25) is 4.68 Å². The van der Waals surface area contributed by atoms with Crippen LogP contribution in [0.2, 0.25) is 0 Å². The van der Waals surface area contributed by atoms with E-state index in [1.807, 2.05) is 13.1 Å². The number of nitrogens with zero attached hydrogens (tertiary/aromatic N) is 2. The predicted molar refractivity (Wildman–Crippen MR) is 69.7 cm³/mol. The number of hydrogen-bond acceptors (Lipinski definition) is 4. The van der Waals surface area contributed by atoms with Crippen LogP contribution >= 0.6 is 0 Å². The molecule has 2 heterocycles. The molecule has 7 heteroatoms. The van der Waals surface area contributed by atoms with Crippen molar-refractivity contribution in [3.63, 3.8) is 0 Å². The zero-order chi connectivity index (χ0) is 13.0. The van der Waals surface area contributed by atoms with E-state index in [1.165, 1.54) is 0 Å². The predicted octanol–water partition coefficient (Wildman–Crippen LogP) is -0.366. The summed E-state index contributed by atoms with van der Waals surface area (Å²) in [4.78, 5) is 0. The highest BCUT2D eigenvalue weighted by Crippen LogP contribution is 2.07. The molecule has 18 heavy (non-hydrogen) atoms. The first-order valence-electron chi connectivity index (χ1n) is 6.24. The number of aryl methyl sites for hydroxylation is 1. The van der Waals surface area contributed by atoms with Crippen LogP contribution in [0.3, 0.4) is 0 Å².